The van der Waals surface area contributed by atoms with Gasteiger partial charge in [0.25, 0.3) is 0 Å². The minimum atomic E-state index is -0.221. The van der Waals surface area contributed by atoms with Crippen molar-refractivity contribution in [3.8, 4) is 0 Å². The summed E-state index contributed by atoms with van der Waals surface area (Å²) in [7, 11) is 4.27. The van der Waals surface area contributed by atoms with Crippen molar-refractivity contribution in [1.82, 2.24) is 4.90 Å². The first-order valence-corrected chi connectivity index (χ1v) is 8.51. The van der Waals surface area contributed by atoms with Crippen LogP contribution in [0.5, 0.6) is 0 Å². The number of nitrogens with two attached hydrogens (primary N) is 1. The van der Waals surface area contributed by atoms with Gasteiger partial charge in [-0.25, -0.2) is 4.39 Å². The van der Waals surface area contributed by atoms with Gasteiger partial charge in [0, 0.05) is 11.6 Å². The SMILES string of the molecule is CC1CCC(C(N)Cc2ccc(F)c(Br)c2)(N(C)C)CC1. The summed E-state index contributed by atoms with van der Waals surface area (Å²) in [4.78, 5) is 2.31. The van der Waals surface area contributed by atoms with Crippen LogP contribution in [0, 0.1) is 11.7 Å². The lowest BCUT2D eigenvalue weighted by molar-refractivity contribution is 0.0568. The summed E-state index contributed by atoms with van der Waals surface area (Å²) < 4.78 is 13.9. The van der Waals surface area contributed by atoms with Crippen molar-refractivity contribution in [1.29, 1.82) is 0 Å². The van der Waals surface area contributed by atoms with E-state index in [0.717, 1.165) is 30.7 Å². The fourth-order valence-electron chi connectivity index (χ4n) is 3.52. The van der Waals surface area contributed by atoms with Gasteiger partial charge in [0.2, 0.25) is 0 Å². The first-order chi connectivity index (χ1) is 9.85. The normalized spacial score (nSPS) is 27.9. The Morgan fingerprint density at radius 2 is 2.00 bits per heavy atom. The maximum Gasteiger partial charge on any atom is 0.137 e. The third kappa shape index (κ3) is 3.66. The topological polar surface area (TPSA) is 29.3 Å². The van der Waals surface area contributed by atoms with E-state index < -0.39 is 0 Å². The number of nitrogens with zero attached hydrogens (tertiary/aromatic N) is 1. The van der Waals surface area contributed by atoms with Gasteiger partial charge in [-0.05, 0) is 85.7 Å². The maximum absolute atomic E-state index is 13.4. The Hall–Kier alpha value is -0.450. The third-order valence-corrected chi connectivity index (χ3v) is 5.77. The van der Waals surface area contributed by atoms with Crippen LogP contribution in [0.1, 0.15) is 38.2 Å². The van der Waals surface area contributed by atoms with Crippen LogP contribution in [0.3, 0.4) is 0 Å². The Morgan fingerprint density at radius 3 is 2.52 bits per heavy atom. The van der Waals surface area contributed by atoms with Gasteiger partial charge in [0.15, 0.2) is 0 Å². The smallest absolute Gasteiger partial charge is 0.137 e. The molecule has 21 heavy (non-hydrogen) atoms. The van der Waals surface area contributed by atoms with E-state index in [1.54, 1.807) is 0 Å². The number of likely N-dealkylation sites (N-methyl/N-ethyl adjacent to an activating group) is 1. The van der Waals surface area contributed by atoms with E-state index in [1.165, 1.54) is 18.9 Å². The predicted octanol–water partition coefficient (Wildman–Crippen LogP) is 3.97. The monoisotopic (exact) mass is 356 g/mol. The summed E-state index contributed by atoms with van der Waals surface area (Å²) in [5, 5.41) is 0. The van der Waals surface area contributed by atoms with Crippen molar-refractivity contribution in [2.45, 2.75) is 50.6 Å². The van der Waals surface area contributed by atoms with Gasteiger partial charge in [-0.1, -0.05) is 13.0 Å². The highest BCUT2D eigenvalue weighted by Crippen LogP contribution is 2.38. The quantitative estimate of drug-likeness (QED) is 0.884. The minimum absolute atomic E-state index is 0.0629. The van der Waals surface area contributed by atoms with Crippen LogP contribution in [0.15, 0.2) is 22.7 Å². The average molecular weight is 357 g/mol. The maximum atomic E-state index is 13.4. The lowest BCUT2D eigenvalue weighted by atomic mass is 9.71. The zero-order chi connectivity index (χ0) is 15.6. The average Bonchev–Trinajstić information content (AvgIpc) is 2.43. The number of rotatable bonds is 4. The van der Waals surface area contributed by atoms with E-state index in [0.29, 0.717) is 4.47 Å². The Labute approximate surface area is 136 Å². The predicted molar refractivity (Wildman–Crippen MR) is 89.8 cm³/mol. The summed E-state index contributed by atoms with van der Waals surface area (Å²) >= 11 is 3.26. The molecule has 0 heterocycles. The molecule has 2 N–H and O–H groups in total. The number of hydrogen-bond acceptors (Lipinski definition) is 2. The lowest BCUT2D eigenvalue weighted by Crippen LogP contribution is -2.59. The van der Waals surface area contributed by atoms with Crippen molar-refractivity contribution >= 4 is 15.9 Å². The molecule has 1 saturated carbocycles. The zero-order valence-electron chi connectivity index (χ0n) is 13.2. The fraction of sp³-hybridized carbons (Fsp3) is 0.647. The molecule has 0 bridgehead atoms. The summed E-state index contributed by atoms with van der Waals surface area (Å²) in [6.45, 7) is 2.32. The van der Waals surface area contributed by atoms with Crippen LogP contribution in [-0.2, 0) is 6.42 Å². The number of benzene rings is 1. The zero-order valence-corrected chi connectivity index (χ0v) is 14.8. The molecule has 0 spiro atoms. The molecule has 2 nitrogen and oxygen atoms in total. The Morgan fingerprint density at radius 1 is 1.38 bits per heavy atom. The lowest BCUT2D eigenvalue weighted by Gasteiger charge is -2.48. The Bertz CT molecular complexity index is 482. The van der Waals surface area contributed by atoms with Gasteiger partial charge in [0.05, 0.1) is 4.47 Å². The van der Waals surface area contributed by atoms with Crippen molar-refractivity contribution < 1.29 is 4.39 Å². The van der Waals surface area contributed by atoms with Crippen LogP contribution >= 0.6 is 15.9 Å². The summed E-state index contributed by atoms with van der Waals surface area (Å²) in [6, 6.07) is 5.27. The van der Waals surface area contributed by atoms with Gasteiger partial charge < -0.3 is 10.6 Å². The first kappa shape index (κ1) is 16.9. The molecule has 1 aliphatic carbocycles. The van der Waals surface area contributed by atoms with Crippen molar-refractivity contribution in [3.05, 3.63) is 34.1 Å². The summed E-state index contributed by atoms with van der Waals surface area (Å²) in [5.41, 5.74) is 7.76. The standard InChI is InChI=1S/C17H26BrFN2/c1-12-6-8-17(9-7-12,21(2)3)16(20)11-13-4-5-15(19)14(18)10-13/h4-5,10,12,16H,6-9,11,20H2,1-3H3. The molecule has 0 saturated heterocycles. The van der Waals surface area contributed by atoms with E-state index in [9.17, 15) is 4.39 Å². The molecule has 1 aromatic rings. The number of halogens is 2. The molecule has 0 aromatic heterocycles. The van der Waals surface area contributed by atoms with Crippen molar-refractivity contribution in [2.75, 3.05) is 14.1 Å². The van der Waals surface area contributed by atoms with Crippen molar-refractivity contribution in [3.63, 3.8) is 0 Å². The van der Waals surface area contributed by atoms with Crippen LogP contribution in [0.25, 0.3) is 0 Å². The van der Waals surface area contributed by atoms with Gasteiger partial charge in [-0.15, -0.1) is 0 Å². The number of hydrogen-bond donors (Lipinski definition) is 1. The molecule has 0 aliphatic heterocycles. The van der Waals surface area contributed by atoms with Gasteiger partial charge in [-0.3, -0.25) is 0 Å². The van der Waals surface area contributed by atoms with Gasteiger partial charge in [0.1, 0.15) is 5.82 Å². The van der Waals surface area contributed by atoms with E-state index in [2.05, 4.69) is 41.8 Å². The van der Waals surface area contributed by atoms with E-state index in [4.69, 9.17) is 5.73 Å². The molecule has 1 fully saturated rings. The van der Waals surface area contributed by atoms with Crippen LogP contribution < -0.4 is 5.73 Å². The fourth-order valence-corrected chi connectivity index (χ4v) is 3.95. The molecular weight excluding hydrogens is 331 g/mol. The molecule has 2 rings (SSSR count). The summed E-state index contributed by atoms with van der Waals surface area (Å²) in [6.07, 6.45) is 5.54. The second-order valence-corrected chi connectivity index (χ2v) is 7.59. The molecule has 1 aromatic carbocycles. The second kappa shape index (κ2) is 6.76. The molecule has 0 radical (unpaired) electrons. The van der Waals surface area contributed by atoms with Crippen molar-refractivity contribution in [2.24, 2.45) is 11.7 Å². The van der Waals surface area contributed by atoms with Crippen LogP contribution in [0.4, 0.5) is 4.39 Å². The van der Waals surface area contributed by atoms with Gasteiger partial charge >= 0.3 is 0 Å². The van der Waals surface area contributed by atoms with E-state index in [1.807, 2.05) is 12.1 Å². The Balaban J connectivity index is 2.15. The second-order valence-electron chi connectivity index (χ2n) is 6.74. The molecule has 1 unspecified atom stereocenters. The molecular formula is C17H26BrFN2. The Kier molecular flexibility index (Phi) is 5.44. The van der Waals surface area contributed by atoms with Gasteiger partial charge in [-0.2, -0.15) is 0 Å². The van der Waals surface area contributed by atoms with E-state index in [-0.39, 0.29) is 17.4 Å². The molecule has 0 amide bonds. The third-order valence-electron chi connectivity index (χ3n) is 5.16. The highest BCUT2D eigenvalue weighted by Gasteiger charge is 2.41. The highest BCUT2D eigenvalue weighted by molar-refractivity contribution is 9.10. The summed E-state index contributed by atoms with van der Waals surface area (Å²) in [5.74, 6) is 0.575. The van der Waals surface area contributed by atoms with E-state index >= 15 is 0 Å². The highest BCUT2D eigenvalue weighted by atomic mass is 79.9. The molecule has 1 atom stereocenters. The minimum Gasteiger partial charge on any atom is -0.326 e. The van der Waals surface area contributed by atoms with Crippen LogP contribution in [-0.4, -0.2) is 30.6 Å². The first-order valence-electron chi connectivity index (χ1n) is 7.72. The molecule has 4 heteroatoms. The molecule has 118 valence electrons. The van der Waals surface area contributed by atoms with Crippen LogP contribution in [0.2, 0.25) is 0 Å². The largest absolute Gasteiger partial charge is 0.326 e. The molecule has 1 aliphatic rings.